The molecule has 0 aliphatic carbocycles. The first-order valence-corrected chi connectivity index (χ1v) is 6.11. The lowest BCUT2D eigenvalue weighted by molar-refractivity contribution is -0.133. The number of carbonyl (C=O) groups is 1. The number of halogens is 1. The van der Waals surface area contributed by atoms with Crippen molar-refractivity contribution in [2.45, 2.75) is 11.7 Å². The van der Waals surface area contributed by atoms with Gasteiger partial charge in [-0.3, -0.25) is 4.79 Å². The van der Waals surface area contributed by atoms with Crippen LogP contribution in [0.5, 0.6) is 0 Å². The lowest BCUT2D eigenvalue weighted by Gasteiger charge is -2.06. The number of nitrogens with zero attached hydrogens (tertiary/aromatic N) is 3. The van der Waals surface area contributed by atoms with E-state index in [1.54, 1.807) is 22.8 Å². The van der Waals surface area contributed by atoms with E-state index < -0.39 is 5.97 Å². The van der Waals surface area contributed by atoms with Crippen LogP contribution in [0.25, 0.3) is 0 Å². The van der Waals surface area contributed by atoms with Gasteiger partial charge in [0.25, 0.3) is 0 Å². The number of hydrogen-bond donors (Lipinski definition) is 1. The van der Waals surface area contributed by atoms with Gasteiger partial charge in [-0.1, -0.05) is 30.0 Å². The Hall–Kier alpha value is -1.89. The fourth-order valence-corrected chi connectivity index (χ4v) is 2.04. The molecule has 0 atom stereocenters. The van der Waals surface area contributed by atoms with Gasteiger partial charge >= 0.3 is 5.97 Å². The third-order valence-corrected chi connectivity index (χ3v) is 3.17. The molecule has 2 aromatic rings. The summed E-state index contributed by atoms with van der Waals surface area (Å²) in [4.78, 5) is 10.5. The van der Waals surface area contributed by atoms with Crippen LogP contribution in [0.3, 0.4) is 0 Å². The van der Waals surface area contributed by atoms with Crippen molar-refractivity contribution >= 4 is 17.7 Å². The fourth-order valence-electron chi connectivity index (χ4n) is 1.40. The van der Waals surface area contributed by atoms with Crippen molar-refractivity contribution in [2.24, 2.45) is 0 Å². The Labute approximate surface area is 107 Å². The minimum atomic E-state index is -0.930. The molecule has 1 heterocycles. The standard InChI is InChI=1S/C11H10FN3O2S/c12-9-4-2-1-3-8(9)5-15-7-13-14-11(15)18-6-10(16)17/h1-4,7H,5-6H2,(H,16,17). The summed E-state index contributed by atoms with van der Waals surface area (Å²) >= 11 is 1.05. The van der Waals surface area contributed by atoms with Crippen molar-refractivity contribution in [1.29, 1.82) is 0 Å². The smallest absolute Gasteiger partial charge is 0.313 e. The first-order chi connectivity index (χ1) is 8.66. The van der Waals surface area contributed by atoms with Crippen molar-refractivity contribution in [3.63, 3.8) is 0 Å². The Morgan fingerprint density at radius 2 is 2.22 bits per heavy atom. The molecule has 1 aromatic carbocycles. The molecule has 0 saturated heterocycles. The summed E-state index contributed by atoms with van der Waals surface area (Å²) in [6.45, 7) is 0.279. The summed E-state index contributed by atoms with van der Waals surface area (Å²) < 4.78 is 15.1. The predicted molar refractivity (Wildman–Crippen MR) is 63.9 cm³/mol. The molecule has 2 rings (SSSR count). The normalized spacial score (nSPS) is 10.5. The molecule has 0 aliphatic heterocycles. The van der Waals surface area contributed by atoms with Crippen LogP contribution in [0.2, 0.25) is 0 Å². The number of thioether (sulfide) groups is 1. The van der Waals surface area contributed by atoms with E-state index in [-0.39, 0.29) is 18.1 Å². The zero-order valence-electron chi connectivity index (χ0n) is 9.28. The van der Waals surface area contributed by atoms with Gasteiger partial charge in [0.1, 0.15) is 12.1 Å². The van der Waals surface area contributed by atoms with Gasteiger partial charge < -0.3 is 9.67 Å². The van der Waals surface area contributed by atoms with Crippen LogP contribution in [0.1, 0.15) is 5.56 Å². The van der Waals surface area contributed by atoms with Gasteiger partial charge in [-0.05, 0) is 6.07 Å². The molecule has 0 radical (unpaired) electrons. The molecule has 1 N–H and O–H groups in total. The van der Waals surface area contributed by atoms with Gasteiger partial charge in [-0.25, -0.2) is 4.39 Å². The third-order valence-electron chi connectivity index (χ3n) is 2.20. The second-order valence-corrected chi connectivity index (χ2v) is 4.46. The molecule has 0 spiro atoms. The van der Waals surface area contributed by atoms with Crippen molar-refractivity contribution in [3.05, 3.63) is 42.0 Å². The highest BCUT2D eigenvalue weighted by Gasteiger charge is 2.09. The molecule has 0 fully saturated rings. The first kappa shape index (κ1) is 12.6. The summed E-state index contributed by atoms with van der Waals surface area (Å²) in [6, 6.07) is 6.41. The van der Waals surface area contributed by atoms with E-state index in [9.17, 15) is 9.18 Å². The van der Waals surface area contributed by atoms with Crippen molar-refractivity contribution in [2.75, 3.05) is 5.75 Å². The van der Waals surface area contributed by atoms with Gasteiger partial charge in [-0.2, -0.15) is 0 Å². The average Bonchev–Trinajstić information content (AvgIpc) is 2.77. The van der Waals surface area contributed by atoms with Crippen molar-refractivity contribution in [1.82, 2.24) is 14.8 Å². The highest BCUT2D eigenvalue weighted by Crippen LogP contribution is 2.17. The van der Waals surface area contributed by atoms with Crippen LogP contribution in [-0.2, 0) is 11.3 Å². The number of aliphatic carboxylic acids is 1. The quantitative estimate of drug-likeness (QED) is 0.834. The number of rotatable bonds is 5. The van der Waals surface area contributed by atoms with Crippen LogP contribution in [-0.4, -0.2) is 31.6 Å². The molecule has 94 valence electrons. The molecule has 7 heteroatoms. The fraction of sp³-hybridized carbons (Fsp3) is 0.182. The van der Waals surface area contributed by atoms with Crippen molar-refractivity contribution < 1.29 is 14.3 Å². The number of benzene rings is 1. The van der Waals surface area contributed by atoms with Gasteiger partial charge in [0, 0.05) is 5.56 Å². The molecule has 0 unspecified atom stereocenters. The second-order valence-electron chi connectivity index (χ2n) is 3.52. The lowest BCUT2D eigenvalue weighted by Crippen LogP contribution is -2.04. The summed E-state index contributed by atoms with van der Waals surface area (Å²) in [5.74, 6) is -1.34. The number of carboxylic acid groups (broad SMARTS) is 1. The topological polar surface area (TPSA) is 68.0 Å². The van der Waals surface area contributed by atoms with E-state index in [4.69, 9.17) is 5.11 Å². The monoisotopic (exact) mass is 267 g/mol. The molecular weight excluding hydrogens is 257 g/mol. The Morgan fingerprint density at radius 3 is 2.94 bits per heavy atom. The first-order valence-electron chi connectivity index (χ1n) is 5.12. The van der Waals surface area contributed by atoms with E-state index in [0.29, 0.717) is 10.7 Å². The Balaban J connectivity index is 2.12. The van der Waals surface area contributed by atoms with E-state index in [1.807, 2.05) is 0 Å². The van der Waals surface area contributed by atoms with E-state index >= 15 is 0 Å². The molecule has 1 aromatic heterocycles. The van der Waals surface area contributed by atoms with Gasteiger partial charge in [0.15, 0.2) is 5.16 Å². The van der Waals surface area contributed by atoms with E-state index in [0.717, 1.165) is 11.8 Å². The van der Waals surface area contributed by atoms with Gasteiger partial charge in [-0.15, -0.1) is 10.2 Å². The number of carboxylic acids is 1. The summed E-state index contributed by atoms with van der Waals surface area (Å²) in [6.07, 6.45) is 1.45. The lowest BCUT2D eigenvalue weighted by atomic mass is 10.2. The van der Waals surface area contributed by atoms with Crippen LogP contribution < -0.4 is 0 Å². The zero-order chi connectivity index (χ0) is 13.0. The minimum Gasteiger partial charge on any atom is -0.481 e. The Kier molecular flexibility index (Phi) is 3.93. The maximum Gasteiger partial charge on any atom is 0.313 e. The maximum absolute atomic E-state index is 13.5. The Morgan fingerprint density at radius 1 is 1.44 bits per heavy atom. The van der Waals surface area contributed by atoms with Crippen LogP contribution >= 0.6 is 11.8 Å². The van der Waals surface area contributed by atoms with Crippen LogP contribution in [0.15, 0.2) is 35.7 Å². The average molecular weight is 267 g/mol. The largest absolute Gasteiger partial charge is 0.481 e. The third kappa shape index (κ3) is 3.07. The molecule has 0 aliphatic rings. The molecule has 18 heavy (non-hydrogen) atoms. The zero-order valence-corrected chi connectivity index (χ0v) is 10.1. The Bertz CT molecular complexity index is 559. The van der Waals surface area contributed by atoms with E-state index in [2.05, 4.69) is 10.2 Å². The molecule has 0 amide bonds. The molecule has 0 saturated carbocycles. The van der Waals surface area contributed by atoms with Gasteiger partial charge in [0.05, 0.1) is 12.3 Å². The SMILES string of the molecule is O=C(O)CSc1nncn1Cc1ccccc1F. The highest BCUT2D eigenvalue weighted by atomic mass is 32.2. The highest BCUT2D eigenvalue weighted by molar-refractivity contribution is 7.99. The molecule has 5 nitrogen and oxygen atoms in total. The number of aromatic nitrogens is 3. The summed E-state index contributed by atoms with van der Waals surface area (Å²) in [7, 11) is 0. The second kappa shape index (κ2) is 5.63. The van der Waals surface area contributed by atoms with Crippen LogP contribution in [0.4, 0.5) is 4.39 Å². The van der Waals surface area contributed by atoms with E-state index in [1.165, 1.54) is 12.4 Å². The number of hydrogen-bond acceptors (Lipinski definition) is 4. The minimum absolute atomic E-state index is 0.101. The molecular formula is C11H10FN3O2S. The summed E-state index contributed by atoms with van der Waals surface area (Å²) in [5.41, 5.74) is 0.509. The predicted octanol–water partition coefficient (Wildman–Crippen LogP) is 1.64. The molecule has 0 bridgehead atoms. The van der Waals surface area contributed by atoms with Crippen molar-refractivity contribution in [3.8, 4) is 0 Å². The maximum atomic E-state index is 13.5. The van der Waals surface area contributed by atoms with Gasteiger partial charge in [0.2, 0.25) is 0 Å². The van der Waals surface area contributed by atoms with Crippen LogP contribution in [0, 0.1) is 5.82 Å². The summed E-state index contributed by atoms with van der Waals surface area (Å²) in [5, 5.41) is 16.6.